The van der Waals surface area contributed by atoms with Crippen molar-refractivity contribution in [3.63, 3.8) is 0 Å². The average Bonchev–Trinajstić information content (AvgIpc) is 2.83. The van der Waals surface area contributed by atoms with Crippen LogP contribution in [0.1, 0.15) is 41.3 Å². The molecular weight excluding hydrogens is 418 g/mol. The zero-order valence-corrected chi connectivity index (χ0v) is 20.1. The molecule has 1 saturated heterocycles. The summed E-state index contributed by atoms with van der Waals surface area (Å²) in [4.78, 5) is 9.77. The molecule has 3 aliphatic rings. The van der Waals surface area contributed by atoms with Gasteiger partial charge in [-0.25, -0.2) is 8.51 Å². The largest absolute Gasteiger partial charge is 0.369 e. The lowest BCUT2D eigenvalue weighted by atomic mass is 9.89. The lowest BCUT2D eigenvalue weighted by Crippen LogP contribution is -2.48. The number of rotatable bonds is 5. The van der Waals surface area contributed by atoms with Gasteiger partial charge in [0.05, 0.1) is 22.7 Å². The number of benzene rings is 1. The van der Waals surface area contributed by atoms with Crippen molar-refractivity contribution in [3.05, 3.63) is 58.9 Å². The van der Waals surface area contributed by atoms with Crippen molar-refractivity contribution >= 4 is 16.7 Å². The van der Waals surface area contributed by atoms with E-state index in [1.807, 2.05) is 6.20 Å². The summed E-state index contributed by atoms with van der Waals surface area (Å²) in [5.41, 5.74) is 7.00. The standard InChI is InChI=1S/C25H35N5OS/c1-28(24-10-3-6-19-8-5-11-26-25(19)24)18-21-16-22-20(17-27-21)7-4-9-23(22)29-12-14-30(15-13-29)32(2)31/h4-5,7-9,11,21,24,27H,3,6,10,12-18H2,1-2H3/t21-,24+,32?/m1/s1. The second kappa shape index (κ2) is 9.59. The molecule has 3 atom stereocenters. The van der Waals surface area contributed by atoms with Crippen molar-refractivity contribution < 1.29 is 4.21 Å². The number of fused-ring (bicyclic) bond motifs is 2. The van der Waals surface area contributed by atoms with Crippen LogP contribution < -0.4 is 10.2 Å². The number of nitrogens with zero attached hydrogens (tertiary/aromatic N) is 4. The molecule has 0 radical (unpaired) electrons. The second-order valence-electron chi connectivity index (χ2n) is 9.43. The summed E-state index contributed by atoms with van der Waals surface area (Å²) >= 11 is 0. The topological polar surface area (TPSA) is 51.7 Å². The molecule has 172 valence electrons. The van der Waals surface area contributed by atoms with E-state index < -0.39 is 11.0 Å². The fourth-order valence-electron chi connectivity index (χ4n) is 5.70. The molecule has 1 unspecified atom stereocenters. The van der Waals surface area contributed by atoms with Crippen molar-refractivity contribution in [2.75, 3.05) is 50.9 Å². The highest BCUT2D eigenvalue weighted by molar-refractivity contribution is 7.81. The smallest absolute Gasteiger partial charge is 0.0911 e. The van der Waals surface area contributed by atoms with Gasteiger partial charge in [0, 0.05) is 63.5 Å². The van der Waals surface area contributed by atoms with E-state index in [2.05, 4.69) is 56.8 Å². The van der Waals surface area contributed by atoms with Gasteiger partial charge in [0.2, 0.25) is 0 Å². The molecule has 6 nitrogen and oxygen atoms in total. The summed E-state index contributed by atoms with van der Waals surface area (Å²) in [6, 6.07) is 11.9. The number of hydrogen-bond acceptors (Lipinski definition) is 5. The van der Waals surface area contributed by atoms with Crippen molar-refractivity contribution in [2.45, 2.75) is 44.3 Å². The molecule has 1 aromatic heterocycles. The maximum Gasteiger partial charge on any atom is 0.0911 e. The summed E-state index contributed by atoms with van der Waals surface area (Å²) in [5, 5.41) is 3.79. The Balaban J connectivity index is 1.28. The zero-order chi connectivity index (χ0) is 22.1. The average molecular weight is 454 g/mol. The number of aromatic nitrogens is 1. The normalized spacial score (nSPS) is 24.8. The molecular formula is C25H35N5OS. The molecule has 2 aromatic rings. The number of piperazine rings is 1. The maximum atomic E-state index is 11.8. The predicted molar refractivity (Wildman–Crippen MR) is 131 cm³/mol. The maximum absolute atomic E-state index is 11.8. The zero-order valence-electron chi connectivity index (χ0n) is 19.3. The van der Waals surface area contributed by atoms with Crippen molar-refractivity contribution in [2.24, 2.45) is 0 Å². The number of likely N-dealkylation sites (N-methyl/N-ethyl adjacent to an activating group) is 1. The first-order chi connectivity index (χ1) is 15.6. The van der Waals surface area contributed by atoms with Crippen molar-refractivity contribution in [3.8, 4) is 0 Å². The van der Waals surface area contributed by atoms with E-state index in [0.717, 1.165) is 52.1 Å². The molecule has 1 N–H and O–H groups in total. The number of anilines is 1. The Morgan fingerprint density at radius 1 is 1.16 bits per heavy atom. The van der Waals surface area contributed by atoms with Gasteiger partial charge in [-0.15, -0.1) is 0 Å². The van der Waals surface area contributed by atoms with Crippen LogP contribution >= 0.6 is 0 Å². The van der Waals surface area contributed by atoms with Gasteiger partial charge in [-0.3, -0.25) is 9.88 Å². The van der Waals surface area contributed by atoms with Gasteiger partial charge >= 0.3 is 0 Å². The van der Waals surface area contributed by atoms with Crippen LogP contribution in [-0.2, 0) is 30.4 Å². The van der Waals surface area contributed by atoms with E-state index in [0.29, 0.717) is 12.1 Å². The van der Waals surface area contributed by atoms with Crippen LogP contribution in [-0.4, -0.2) is 70.5 Å². The molecule has 1 aliphatic carbocycles. The molecule has 3 heterocycles. The lowest BCUT2D eigenvalue weighted by molar-refractivity contribution is 0.191. The van der Waals surface area contributed by atoms with E-state index in [9.17, 15) is 4.21 Å². The molecule has 7 heteroatoms. The molecule has 0 spiro atoms. The van der Waals surface area contributed by atoms with Crippen LogP contribution in [0.2, 0.25) is 0 Å². The molecule has 32 heavy (non-hydrogen) atoms. The molecule has 0 amide bonds. The van der Waals surface area contributed by atoms with E-state index in [1.54, 1.807) is 6.26 Å². The van der Waals surface area contributed by atoms with Gasteiger partial charge in [-0.1, -0.05) is 18.2 Å². The Kier molecular flexibility index (Phi) is 6.60. The fourth-order valence-corrected chi connectivity index (χ4v) is 6.37. The highest BCUT2D eigenvalue weighted by atomic mass is 32.2. The third kappa shape index (κ3) is 4.49. The van der Waals surface area contributed by atoms with Gasteiger partial charge in [-0.05, 0) is 61.6 Å². The summed E-state index contributed by atoms with van der Waals surface area (Å²) in [7, 11) is 1.40. The number of hydrogen-bond donors (Lipinski definition) is 1. The number of aryl methyl sites for hydroxylation is 1. The Labute approximate surface area is 194 Å². The monoisotopic (exact) mass is 453 g/mol. The minimum atomic E-state index is -0.870. The van der Waals surface area contributed by atoms with Gasteiger partial charge in [0.25, 0.3) is 0 Å². The first-order valence-electron chi connectivity index (χ1n) is 11.9. The molecule has 0 bridgehead atoms. The van der Waals surface area contributed by atoms with Crippen molar-refractivity contribution in [1.82, 2.24) is 19.5 Å². The molecule has 1 aromatic carbocycles. The van der Waals surface area contributed by atoms with E-state index >= 15 is 0 Å². The van der Waals surface area contributed by atoms with Gasteiger partial charge in [0.1, 0.15) is 0 Å². The molecule has 5 rings (SSSR count). The minimum absolute atomic E-state index is 0.418. The third-order valence-electron chi connectivity index (χ3n) is 7.43. The highest BCUT2D eigenvalue weighted by Crippen LogP contribution is 2.33. The Hall–Kier alpha value is -1.80. The van der Waals surface area contributed by atoms with Crippen LogP contribution in [0.3, 0.4) is 0 Å². The van der Waals surface area contributed by atoms with Gasteiger partial charge in [0.15, 0.2) is 0 Å². The quantitative estimate of drug-likeness (QED) is 0.754. The van der Waals surface area contributed by atoms with Crippen LogP contribution in [0.25, 0.3) is 0 Å². The predicted octanol–water partition coefficient (Wildman–Crippen LogP) is 2.52. The van der Waals surface area contributed by atoms with Gasteiger partial charge < -0.3 is 10.2 Å². The summed E-state index contributed by atoms with van der Waals surface area (Å²) in [6.45, 7) is 5.57. The molecule has 0 saturated carbocycles. The Bertz CT molecular complexity index is 975. The Morgan fingerprint density at radius 2 is 1.97 bits per heavy atom. The first-order valence-corrected chi connectivity index (χ1v) is 13.4. The molecule has 1 fully saturated rings. The van der Waals surface area contributed by atoms with Crippen LogP contribution in [0.15, 0.2) is 36.5 Å². The number of nitrogens with one attached hydrogen (secondary N) is 1. The van der Waals surface area contributed by atoms with E-state index in [4.69, 9.17) is 4.98 Å². The van der Waals surface area contributed by atoms with Crippen LogP contribution in [0.5, 0.6) is 0 Å². The fraction of sp³-hybridized carbons (Fsp3) is 0.560. The minimum Gasteiger partial charge on any atom is -0.369 e. The SMILES string of the molecule is CN(C[C@H]1Cc2c(cccc2N2CCN(S(C)=O)CC2)CN1)[C@H]1CCCc2cccnc21. The second-order valence-corrected chi connectivity index (χ2v) is 10.8. The third-order valence-corrected chi connectivity index (χ3v) is 8.52. The summed E-state index contributed by atoms with van der Waals surface area (Å²) < 4.78 is 13.9. The van der Waals surface area contributed by atoms with E-state index in [-0.39, 0.29) is 0 Å². The Morgan fingerprint density at radius 3 is 2.78 bits per heavy atom. The first kappa shape index (κ1) is 22.0. The number of pyridine rings is 1. The molecule has 2 aliphatic heterocycles. The van der Waals surface area contributed by atoms with E-state index in [1.165, 1.54) is 40.9 Å². The lowest BCUT2D eigenvalue weighted by Gasteiger charge is -2.39. The van der Waals surface area contributed by atoms with Crippen LogP contribution in [0.4, 0.5) is 5.69 Å². The van der Waals surface area contributed by atoms with Crippen molar-refractivity contribution in [1.29, 1.82) is 0 Å². The van der Waals surface area contributed by atoms with Gasteiger partial charge in [-0.2, -0.15) is 0 Å². The highest BCUT2D eigenvalue weighted by Gasteiger charge is 2.29. The summed E-state index contributed by atoms with van der Waals surface area (Å²) in [5.74, 6) is 0. The van der Waals surface area contributed by atoms with Crippen LogP contribution in [0, 0.1) is 0 Å². The summed E-state index contributed by atoms with van der Waals surface area (Å²) in [6.07, 6.45) is 8.38.